The van der Waals surface area contributed by atoms with Gasteiger partial charge < -0.3 is 20.1 Å². The second-order valence-electron chi connectivity index (χ2n) is 7.55. The Kier molecular flexibility index (Phi) is 8.32. The monoisotopic (exact) mass is 497 g/mol. The first-order valence-corrected chi connectivity index (χ1v) is 12.2. The van der Waals surface area contributed by atoms with Gasteiger partial charge in [0.25, 0.3) is 21.8 Å². The van der Waals surface area contributed by atoms with E-state index in [1.807, 2.05) is 0 Å². The summed E-state index contributed by atoms with van der Waals surface area (Å²) in [4.78, 5) is 24.9. The second-order valence-corrected chi connectivity index (χ2v) is 9.23. The van der Waals surface area contributed by atoms with E-state index in [1.165, 1.54) is 19.2 Å². The lowest BCUT2D eigenvalue weighted by atomic mass is 10.1. The molecule has 2 amide bonds. The Balaban J connectivity index is 1.59. The highest BCUT2D eigenvalue weighted by Gasteiger charge is 2.18. The van der Waals surface area contributed by atoms with Gasteiger partial charge in [-0.25, -0.2) is 8.42 Å². The van der Waals surface area contributed by atoms with Gasteiger partial charge >= 0.3 is 0 Å². The smallest absolute Gasteiger partial charge is 0.261 e. The largest absolute Gasteiger partial charge is 0.497 e. The molecule has 0 bridgehead atoms. The fourth-order valence-electron chi connectivity index (χ4n) is 3.18. The Hall–Kier alpha value is -4.05. The van der Waals surface area contributed by atoms with Crippen molar-refractivity contribution in [3.63, 3.8) is 0 Å². The van der Waals surface area contributed by atoms with Crippen molar-refractivity contribution in [3.8, 4) is 11.5 Å². The number of anilines is 1. The van der Waals surface area contributed by atoms with Crippen LogP contribution in [0.1, 0.15) is 26.3 Å². The summed E-state index contributed by atoms with van der Waals surface area (Å²) >= 11 is 0. The number of carbonyl (C=O) groups is 2. The predicted molar refractivity (Wildman–Crippen MR) is 133 cm³/mol. The number of rotatable bonds is 10. The molecule has 3 aromatic carbocycles. The fourth-order valence-corrected chi connectivity index (χ4v) is 4.26. The summed E-state index contributed by atoms with van der Waals surface area (Å²) in [5.74, 6) is 0.522. The first-order valence-electron chi connectivity index (χ1n) is 10.7. The summed E-state index contributed by atoms with van der Waals surface area (Å²) in [6, 6.07) is 17.4. The molecule has 0 radical (unpaired) electrons. The number of nitrogens with one attached hydrogen (secondary N) is 3. The van der Waals surface area contributed by atoms with E-state index in [0.29, 0.717) is 28.3 Å². The molecule has 0 spiro atoms. The fraction of sp³-hybridized carbons (Fsp3) is 0.200. The Bertz CT molecular complexity index is 1290. The van der Waals surface area contributed by atoms with Crippen molar-refractivity contribution in [1.82, 2.24) is 10.6 Å². The van der Waals surface area contributed by atoms with Crippen molar-refractivity contribution in [3.05, 3.63) is 83.4 Å². The summed E-state index contributed by atoms with van der Waals surface area (Å²) in [6.45, 7) is 2.08. The minimum atomic E-state index is -3.91. The Morgan fingerprint density at radius 1 is 0.771 bits per heavy atom. The summed E-state index contributed by atoms with van der Waals surface area (Å²) < 4.78 is 38.3. The van der Waals surface area contributed by atoms with Crippen molar-refractivity contribution in [2.45, 2.75) is 11.8 Å². The van der Waals surface area contributed by atoms with Crippen molar-refractivity contribution < 1.29 is 27.5 Å². The topological polar surface area (TPSA) is 123 Å². The number of benzene rings is 3. The van der Waals surface area contributed by atoms with Crippen LogP contribution >= 0.6 is 0 Å². The van der Waals surface area contributed by atoms with Crippen LogP contribution in [0.2, 0.25) is 0 Å². The lowest BCUT2D eigenvalue weighted by Crippen LogP contribution is -2.35. The molecule has 0 aliphatic rings. The van der Waals surface area contributed by atoms with Crippen LogP contribution in [0.4, 0.5) is 5.69 Å². The van der Waals surface area contributed by atoms with Gasteiger partial charge in [-0.3, -0.25) is 14.3 Å². The average Bonchev–Trinajstić information content (AvgIpc) is 2.86. The molecule has 10 heteroatoms. The molecule has 0 aromatic heterocycles. The van der Waals surface area contributed by atoms with Crippen molar-refractivity contribution in [2.75, 3.05) is 32.0 Å². The first kappa shape index (κ1) is 25.6. The van der Waals surface area contributed by atoms with Gasteiger partial charge in [0.15, 0.2) is 0 Å². The molecule has 3 rings (SSSR count). The Morgan fingerprint density at radius 3 is 1.89 bits per heavy atom. The lowest BCUT2D eigenvalue weighted by molar-refractivity contribution is 0.0927. The minimum absolute atomic E-state index is 0.0446. The van der Waals surface area contributed by atoms with Crippen LogP contribution in [0.25, 0.3) is 0 Å². The molecule has 0 fully saturated rings. The highest BCUT2D eigenvalue weighted by Crippen LogP contribution is 2.21. The van der Waals surface area contributed by atoms with Gasteiger partial charge in [0.05, 0.1) is 19.1 Å². The van der Waals surface area contributed by atoms with Gasteiger partial charge in [0.2, 0.25) is 0 Å². The number of aryl methyl sites for hydroxylation is 1. The normalized spacial score (nSPS) is 10.8. The number of hydrogen-bond acceptors (Lipinski definition) is 6. The number of amides is 2. The summed E-state index contributed by atoms with van der Waals surface area (Å²) in [5.41, 5.74) is 1.68. The van der Waals surface area contributed by atoms with E-state index in [1.54, 1.807) is 68.6 Å². The maximum Gasteiger partial charge on any atom is 0.261 e. The van der Waals surface area contributed by atoms with Crippen molar-refractivity contribution in [2.24, 2.45) is 0 Å². The van der Waals surface area contributed by atoms with E-state index in [2.05, 4.69) is 15.4 Å². The van der Waals surface area contributed by atoms with Crippen LogP contribution < -0.4 is 24.8 Å². The number of carbonyl (C=O) groups excluding carboxylic acids is 2. The summed E-state index contributed by atoms with van der Waals surface area (Å²) in [7, 11) is -0.850. The van der Waals surface area contributed by atoms with Gasteiger partial charge in [-0.2, -0.15) is 0 Å². The van der Waals surface area contributed by atoms with Crippen LogP contribution in [0.5, 0.6) is 11.5 Å². The number of ether oxygens (including phenoxy) is 2. The number of hydrogen-bond donors (Lipinski definition) is 3. The van der Waals surface area contributed by atoms with E-state index in [9.17, 15) is 18.0 Å². The second kappa shape index (κ2) is 11.4. The molecule has 0 heterocycles. The highest BCUT2D eigenvalue weighted by molar-refractivity contribution is 7.92. The molecule has 0 unspecified atom stereocenters. The van der Waals surface area contributed by atoms with Gasteiger partial charge in [0, 0.05) is 29.9 Å². The van der Waals surface area contributed by atoms with Crippen LogP contribution in [0.15, 0.2) is 71.6 Å². The lowest BCUT2D eigenvalue weighted by Gasteiger charge is -2.12. The molecular formula is C25H27N3O6S. The molecular weight excluding hydrogens is 470 g/mol. The van der Waals surface area contributed by atoms with E-state index >= 15 is 0 Å². The quantitative estimate of drug-likeness (QED) is 0.370. The molecule has 35 heavy (non-hydrogen) atoms. The van der Waals surface area contributed by atoms with Gasteiger partial charge in [0.1, 0.15) is 11.5 Å². The van der Waals surface area contributed by atoms with E-state index in [0.717, 1.165) is 0 Å². The first-order chi connectivity index (χ1) is 16.7. The molecule has 0 aliphatic carbocycles. The summed E-state index contributed by atoms with van der Waals surface area (Å²) in [6.07, 6.45) is 0. The molecule has 3 N–H and O–H groups in total. The average molecular weight is 498 g/mol. The van der Waals surface area contributed by atoms with Crippen LogP contribution in [-0.2, 0) is 10.0 Å². The van der Waals surface area contributed by atoms with Gasteiger partial charge in [-0.05, 0) is 73.2 Å². The molecule has 0 saturated carbocycles. The number of sulfonamides is 1. The van der Waals surface area contributed by atoms with Crippen molar-refractivity contribution >= 4 is 27.5 Å². The third-order valence-corrected chi connectivity index (χ3v) is 6.53. The van der Waals surface area contributed by atoms with E-state index < -0.39 is 15.9 Å². The predicted octanol–water partition coefficient (Wildman–Crippen LogP) is 2.97. The zero-order valence-electron chi connectivity index (χ0n) is 19.6. The Labute approximate surface area is 204 Å². The molecule has 0 atom stereocenters. The SMILES string of the molecule is COc1ccc(NS(=O)(=O)c2ccc(C)c(C(=O)NCCNC(=O)c3ccc(OC)cc3)c2)cc1. The minimum Gasteiger partial charge on any atom is -0.497 e. The van der Waals surface area contributed by atoms with Gasteiger partial charge in [-0.1, -0.05) is 6.07 Å². The maximum atomic E-state index is 12.8. The van der Waals surface area contributed by atoms with Crippen LogP contribution in [-0.4, -0.2) is 47.5 Å². The third-order valence-electron chi connectivity index (χ3n) is 5.15. The van der Waals surface area contributed by atoms with Crippen molar-refractivity contribution in [1.29, 1.82) is 0 Å². The van der Waals surface area contributed by atoms with Crippen LogP contribution in [0.3, 0.4) is 0 Å². The summed E-state index contributed by atoms with van der Waals surface area (Å²) in [5, 5.41) is 5.42. The molecule has 0 aliphatic heterocycles. The standard InChI is InChI=1S/C25H27N3O6S/c1-17-4-13-22(35(31,32)28-19-7-11-21(34-3)12-8-19)16-23(17)25(30)27-15-14-26-24(29)18-5-9-20(33-2)10-6-18/h4-13,16,28H,14-15H2,1-3H3,(H,26,29)(H,27,30). The van der Waals surface area contributed by atoms with Gasteiger partial charge in [-0.15, -0.1) is 0 Å². The molecule has 9 nitrogen and oxygen atoms in total. The highest BCUT2D eigenvalue weighted by atomic mass is 32.2. The molecule has 0 saturated heterocycles. The van der Waals surface area contributed by atoms with E-state index in [-0.39, 0.29) is 29.5 Å². The van der Waals surface area contributed by atoms with Crippen LogP contribution in [0, 0.1) is 6.92 Å². The third kappa shape index (κ3) is 6.73. The number of methoxy groups -OCH3 is 2. The molecule has 3 aromatic rings. The zero-order chi connectivity index (χ0) is 25.4. The van der Waals surface area contributed by atoms with E-state index in [4.69, 9.17) is 9.47 Å². The Morgan fingerprint density at radius 2 is 1.31 bits per heavy atom. The molecule has 184 valence electrons. The maximum absolute atomic E-state index is 12.8. The zero-order valence-corrected chi connectivity index (χ0v) is 20.4.